The Labute approximate surface area is 99.4 Å². The number of amides is 1. The molecule has 3 nitrogen and oxygen atoms in total. The van der Waals surface area contributed by atoms with Crippen LogP contribution in [0.3, 0.4) is 0 Å². The van der Waals surface area contributed by atoms with Crippen LogP contribution in [0.25, 0.3) is 0 Å². The fourth-order valence-electron chi connectivity index (χ4n) is 1.99. The Morgan fingerprint density at radius 1 is 1.47 bits per heavy atom. The average Bonchev–Trinajstić information content (AvgIpc) is 2.49. The van der Waals surface area contributed by atoms with Crippen molar-refractivity contribution in [3.8, 4) is 0 Å². The maximum atomic E-state index is 12.1. The second kappa shape index (κ2) is 5.25. The summed E-state index contributed by atoms with van der Waals surface area (Å²) in [5.41, 5.74) is 0. The lowest BCUT2D eigenvalue weighted by atomic mass is 9.99. The minimum atomic E-state index is -4.21. The predicted octanol–water partition coefficient (Wildman–Crippen LogP) is 2.13. The molecule has 6 heteroatoms. The summed E-state index contributed by atoms with van der Waals surface area (Å²) in [7, 11) is 0. The number of halogens is 3. The van der Waals surface area contributed by atoms with Crippen molar-refractivity contribution in [3.05, 3.63) is 0 Å². The molecule has 1 heterocycles. The Balaban J connectivity index is 2.60. The Morgan fingerprint density at radius 2 is 2.06 bits per heavy atom. The highest BCUT2D eigenvalue weighted by molar-refractivity contribution is 5.84. The monoisotopic (exact) mass is 252 g/mol. The van der Waals surface area contributed by atoms with Crippen molar-refractivity contribution in [1.29, 1.82) is 0 Å². The SMILES string of the molecule is CCC(C)C1NC(C)N(CCC(F)(F)F)C1=O. The van der Waals surface area contributed by atoms with E-state index < -0.39 is 12.6 Å². The molecule has 17 heavy (non-hydrogen) atoms. The highest BCUT2D eigenvalue weighted by Crippen LogP contribution is 2.24. The van der Waals surface area contributed by atoms with E-state index in [2.05, 4.69) is 5.32 Å². The minimum Gasteiger partial charge on any atom is -0.326 e. The smallest absolute Gasteiger partial charge is 0.326 e. The third-order valence-electron chi connectivity index (χ3n) is 3.29. The molecule has 0 saturated carbocycles. The normalized spacial score (nSPS) is 27.6. The van der Waals surface area contributed by atoms with Crippen molar-refractivity contribution in [3.63, 3.8) is 0 Å². The molecule has 3 unspecified atom stereocenters. The zero-order valence-electron chi connectivity index (χ0n) is 10.3. The molecule has 1 amide bonds. The average molecular weight is 252 g/mol. The number of carbonyl (C=O) groups excluding carboxylic acids is 1. The summed E-state index contributed by atoms with van der Waals surface area (Å²) < 4.78 is 36.4. The molecule has 1 N–H and O–H groups in total. The lowest BCUT2D eigenvalue weighted by molar-refractivity contribution is -0.145. The minimum absolute atomic E-state index is 0.140. The molecule has 0 spiro atoms. The lowest BCUT2D eigenvalue weighted by Crippen LogP contribution is -2.37. The quantitative estimate of drug-likeness (QED) is 0.831. The second-order valence-electron chi connectivity index (χ2n) is 4.60. The van der Waals surface area contributed by atoms with Gasteiger partial charge in [-0.25, -0.2) is 0 Å². The summed E-state index contributed by atoms with van der Waals surface area (Å²) in [5.74, 6) is -0.0723. The van der Waals surface area contributed by atoms with E-state index in [1.165, 1.54) is 4.90 Å². The molecule has 100 valence electrons. The van der Waals surface area contributed by atoms with Crippen LogP contribution in [-0.4, -0.2) is 35.7 Å². The van der Waals surface area contributed by atoms with Gasteiger partial charge >= 0.3 is 6.18 Å². The maximum Gasteiger partial charge on any atom is 0.390 e. The first kappa shape index (κ1) is 14.3. The van der Waals surface area contributed by atoms with Crippen LogP contribution in [-0.2, 0) is 4.79 Å². The lowest BCUT2D eigenvalue weighted by Gasteiger charge is -2.21. The van der Waals surface area contributed by atoms with E-state index in [-0.39, 0.29) is 30.6 Å². The van der Waals surface area contributed by atoms with E-state index >= 15 is 0 Å². The first-order valence-electron chi connectivity index (χ1n) is 5.89. The number of hydrogen-bond acceptors (Lipinski definition) is 2. The number of carbonyl (C=O) groups is 1. The van der Waals surface area contributed by atoms with Gasteiger partial charge in [-0.2, -0.15) is 13.2 Å². The summed E-state index contributed by atoms with van der Waals surface area (Å²) in [6, 6.07) is -0.344. The van der Waals surface area contributed by atoms with Gasteiger partial charge in [-0.3, -0.25) is 10.1 Å². The fraction of sp³-hybridized carbons (Fsp3) is 0.909. The highest BCUT2D eigenvalue weighted by atomic mass is 19.4. The molecule has 0 bridgehead atoms. The first-order valence-corrected chi connectivity index (χ1v) is 5.89. The van der Waals surface area contributed by atoms with E-state index in [1.54, 1.807) is 6.92 Å². The number of alkyl halides is 3. The van der Waals surface area contributed by atoms with Crippen molar-refractivity contribution in [2.45, 2.75) is 52.0 Å². The van der Waals surface area contributed by atoms with E-state index in [1.807, 2.05) is 13.8 Å². The molecule has 0 aromatic carbocycles. The summed E-state index contributed by atoms with van der Waals surface area (Å²) in [5, 5.41) is 3.05. The number of rotatable bonds is 4. The van der Waals surface area contributed by atoms with Crippen LogP contribution in [0.2, 0.25) is 0 Å². The Bertz CT molecular complexity index is 280. The van der Waals surface area contributed by atoms with Crippen molar-refractivity contribution in [2.75, 3.05) is 6.54 Å². The van der Waals surface area contributed by atoms with Gasteiger partial charge in [0.1, 0.15) is 0 Å². The third kappa shape index (κ3) is 3.59. The summed E-state index contributed by atoms with van der Waals surface area (Å²) >= 11 is 0. The van der Waals surface area contributed by atoms with Crippen LogP contribution in [0, 0.1) is 5.92 Å². The molecule has 1 saturated heterocycles. The van der Waals surface area contributed by atoms with Gasteiger partial charge in [-0.15, -0.1) is 0 Å². The van der Waals surface area contributed by atoms with Gasteiger partial charge in [0.05, 0.1) is 18.6 Å². The fourth-order valence-corrected chi connectivity index (χ4v) is 1.99. The number of nitrogens with zero attached hydrogens (tertiary/aromatic N) is 1. The van der Waals surface area contributed by atoms with E-state index in [4.69, 9.17) is 0 Å². The van der Waals surface area contributed by atoms with Crippen molar-refractivity contribution < 1.29 is 18.0 Å². The standard InChI is InChI=1S/C11H19F3N2O/c1-4-7(2)9-10(17)16(8(3)15-9)6-5-11(12,13)14/h7-9,15H,4-6H2,1-3H3. The molecule has 1 rings (SSSR count). The van der Waals surface area contributed by atoms with Gasteiger partial charge < -0.3 is 4.90 Å². The molecule has 1 aliphatic heterocycles. The molecule has 1 aliphatic rings. The van der Waals surface area contributed by atoms with Crippen LogP contribution in [0.15, 0.2) is 0 Å². The third-order valence-corrected chi connectivity index (χ3v) is 3.29. The highest BCUT2D eigenvalue weighted by Gasteiger charge is 2.40. The Morgan fingerprint density at radius 3 is 2.53 bits per heavy atom. The van der Waals surface area contributed by atoms with Crippen LogP contribution in [0.4, 0.5) is 13.2 Å². The largest absolute Gasteiger partial charge is 0.390 e. The number of hydrogen-bond donors (Lipinski definition) is 1. The Kier molecular flexibility index (Phi) is 4.41. The number of nitrogens with one attached hydrogen (secondary N) is 1. The maximum absolute atomic E-state index is 12.1. The Hall–Kier alpha value is -0.780. The van der Waals surface area contributed by atoms with Crippen LogP contribution >= 0.6 is 0 Å². The predicted molar refractivity (Wildman–Crippen MR) is 58.2 cm³/mol. The zero-order chi connectivity index (χ0) is 13.2. The first-order chi connectivity index (χ1) is 7.76. The van der Waals surface area contributed by atoms with Gasteiger partial charge in [0.15, 0.2) is 0 Å². The van der Waals surface area contributed by atoms with Crippen molar-refractivity contribution in [2.24, 2.45) is 5.92 Å². The topological polar surface area (TPSA) is 32.3 Å². The van der Waals surface area contributed by atoms with Gasteiger partial charge in [0, 0.05) is 6.54 Å². The van der Waals surface area contributed by atoms with E-state index in [0.717, 1.165) is 6.42 Å². The van der Waals surface area contributed by atoms with Gasteiger partial charge in [-0.1, -0.05) is 20.3 Å². The van der Waals surface area contributed by atoms with Crippen LogP contribution in [0.1, 0.15) is 33.6 Å². The molecule has 3 atom stereocenters. The van der Waals surface area contributed by atoms with Crippen molar-refractivity contribution >= 4 is 5.91 Å². The van der Waals surface area contributed by atoms with Gasteiger partial charge in [0.2, 0.25) is 5.91 Å². The molecule has 1 fully saturated rings. The molecule has 0 aromatic heterocycles. The summed E-state index contributed by atoms with van der Waals surface area (Å²) in [6.45, 7) is 5.35. The molecule has 0 aromatic rings. The molecule has 0 aliphatic carbocycles. The second-order valence-corrected chi connectivity index (χ2v) is 4.60. The van der Waals surface area contributed by atoms with E-state index in [9.17, 15) is 18.0 Å². The molecular formula is C11H19F3N2O. The molecule has 0 radical (unpaired) electrons. The summed E-state index contributed by atoms with van der Waals surface area (Å²) in [6.07, 6.45) is -4.65. The van der Waals surface area contributed by atoms with Gasteiger partial charge in [0.25, 0.3) is 0 Å². The van der Waals surface area contributed by atoms with Crippen LogP contribution in [0.5, 0.6) is 0 Å². The van der Waals surface area contributed by atoms with Crippen LogP contribution < -0.4 is 5.32 Å². The van der Waals surface area contributed by atoms with E-state index in [0.29, 0.717) is 0 Å². The molecular weight excluding hydrogens is 233 g/mol. The summed E-state index contributed by atoms with van der Waals surface area (Å²) in [4.78, 5) is 13.2. The zero-order valence-corrected chi connectivity index (χ0v) is 10.3. The van der Waals surface area contributed by atoms with Crippen molar-refractivity contribution in [1.82, 2.24) is 10.2 Å². The van der Waals surface area contributed by atoms with Gasteiger partial charge in [-0.05, 0) is 12.8 Å².